The highest BCUT2D eigenvalue weighted by Gasteiger charge is 2.21. The molecule has 19 heavy (non-hydrogen) atoms. The lowest BCUT2D eigenvalue weighted by Gasteiger charge is -2.25. The molecular weight excluding hydrogens is 258 g/mol. The van der Waals surface area contributed by atoms with E-state index in [0.29, 0.717) is 12.7 Å². The van der Waals surface area contributed by atoms with Crippen LogP contribution in [-0.4, -0.2) is 24.2 Å². The number of nitro groups is 1. The number of halogens is 2. The van der Waals surface area contributed by atoms with E-state index in [1.165, 1.54) is 7.11 Å². The van der Waals surface area contributed by atoms with E-state index in [-0.39, 0.29) is 12.1 Å². The van der Waals surface area contributed by atoms with Gasteiger partial charge in [0.05, 0.1) is 11.5 Å². The van der Waals surface area contributed by atoms with Crippen LogP contribution in [0, 0.1) is 21.7 Å². The van der Waals surface area contributed by atoms with Crippen molar-refractivity contribution in [1.82, 2.24) is 5.32 Å². The summed E-state index contributed by atoms with van der Waals surface area (Å²) in [6.07, 6.45) is 0. The molecule has 0 aliphatic carbocycles. The van der Waals surface area contributed by atoms with Crippen LogP contribution in [0.1, 0.15) is 19.4 Å². The molecule has 0 radical (unpaired) electrons. The van der Waals surface area contributed by atoms with Crippen molar-refractivity contribution < 1.29 is 18.4 Å². The Morgan fingerprint density at radius 1 is 1.37 bits per heavy atom. The standard InChI is InChI=1S/C12H16F2N2O3/c1-12(2,7-19-3)15-6-8-4-11(16(17)18)10(14)5-9(8)13/h4-5,15H,6-7H2,1-3H3. The van der Waals surface area contributed by atoms with Gasteiger partial charge in [0, 0.05) is 36.9 Å². The zero-order valence-corrected chi connectivity index (χ0v) is 11.0. The number of hydrogen-bond donors (Lipinski definition) is 1. The molecule has 1 aromatic carbocycles. The molecule has 0 saturated heterocycles. The van der Waals surface area contributed by atoms with Crippen molar-refractivity contribution in [3.05, 3.63) is 39.4 Å². The van der Waals surface area contributed by atoms with E-state index in [1.54, 1.807) is 0 Å². The van der Waals surface area contributed by atoms with Gasteiger partial charge in [0.15, 0.2) is 0 Å². The van der Waals surface area contributed by atoms with E-state index in [9.17, 15) is 18.9 Å². The Bertz CT molecular complexity index is 478. The fraction of sp³-hybridized carbons (Fsp3) is 0.500. The fourth-order valence-electron chi connectivity index (χ4n) is 1.60. The monoisotopic (exact) mass is 274 g/mol. The molecule has 5 nitrogen and oxygen atoms in total. The topological polar surface area (TPSA) is 64.4 Å². The molecule has 7 heteroatoms. The molecule has 0 aliphatic heterocycles. The van der Waals surface area contributed by atoms with Crippen molar-refractivity contribution in [3.63, 3.8) is 0 Å². The summed E-state index contributed by atoms with van der Waals surface area (Å²) in [6.45, 7) is 4.11. The largest absolute Gasteiger partial charge is 0.383 e. The highest BCUT2D eigenvalue weighted by atomic mass is 19.1. The maximum atomic E-state index is 13.5. The number of nitro benzene ring substituents is 1. The van der Waals surface area contributed by atoms with Crippen LogP contribution in [0.3, 0.4) is 0 Å². The van der Waals surface area contributed by atoms with Crippen LogP contribution in [-0.2, 0) is 11.3 Å². The quantitative estimate of drug-likeness (QED) is 0.639. The van der Waals surface area contributed by atoms with Gasteiger partial charge >= 0.3 is 5.69 Å². The number of ether oxygens (including phenoxy) is 1. The van der Waals surface area contributed by atoms with Crippen molar-refractivity contribution in [3.8, 4) is 0 Å². The van der Waals surface area contributed by atoms with Crippen LogP contribution < -0.4 is 5.32 Å². The first-order valence-electron chi connectivity index (χ1n) is 5.63. The summed E-state index contributed by atoms with van der Waals surface area (Å²) in [5.74, 6) is -1.99. The Kier molecular flexibility index (Phi) is 4.90. The number of benzene rings is 1. The molecule has 0 heterocycles. The second-order valence-electron chi connectivity index (χ2n) is 4.82. The second-order valence-corrected chi connectivity index (χ2v) is 4.82. The van der Waals surface area contributed by atoms with E-state index in [4.69, 9.17) is 4.74 Å². The van der Waals surface area contributed by atoms with Crippen molar-refractivity contribution in [2.24, 2.45) is 0 Å². The van der Waals surface area contributed by atoms with Gasteiger partial charge in [-0.1, -0.05) is 0 Å². The zero-order valence-electron chi connectivity index (χ0n) is 11.0. The first-order valence-corrected chi connectivity index (χ1v) is 5.63. The Labute approximate surface area is 109 Å². The molecule has 0 unspecified atom stereocenters. The van der Waals surface area contributed by atoms with E-state index >= 15 is 0 Å². The fourth-order valence-corrected chi connectivity index (χ4v) is 1.60. The van der Waals surface area contributed by atoms with Crippen molar-refractivity contribution in [2.45, 2.75) is 25.9 Å². The maximum Gasteiger partial charge on any atom is 0.305 e. The first kappa shape index (κ1) is 15.5. The van der Waals surface area contributed by atoms with E-state index in [2.05, 4.69) is 5.32 Å². The van der Waals surface area contributed by atoms with Gasteiger partial charge in [0.25, 0.3) is 0 Å². The van der Waals surface area contributed by atoms with Crippen LogP contribution in [0.4, 0.5) is 14.5 Å². The highest BCUT2D eigenvalue weighted by molar-refractivity contribution is 5.37. The van der Waals surface area contributed by atoms with Crippen LogP contribution in [0.15, 0.2) is 12.1 Å². The minimum Gasteiger partial charge on any atom is -0.383 e. The minimum atomic E-state index is -1.18. The number of rotatable bonds is 6. The summed E-state index contributed by atoms with van der Waals surface area (Å²) in [4.78, 5) is 9.72. The third kappa shape index (κ3) is 4.22. The maximum absolute atomic E-state index is 13.5. The molecule has 0 bridgehead atoms. The third-order valence-electron chi connectivity index (χ3n) is 2.58. The molecule has 0 saturated carbocycles. The SMILES string of the molecule is COCC(C)(C)NCc1cc([N+](=O)[O-])c(F)cc1F. The summed E-state index contributed by atoms with van der Waals surface area (Å²) in [7, 11) is 1.53. The molecule has 0 spiro atoms. The third-order valence-corrected chi connectivity index (χ3v) is 2.58. The summed E-state index contributed by atoms with van der Waals surface area (Å²) in [5, 5.41) is 13.6. The number of hydrogen-bond acceptors (Lipinski definition) is 4. The molecule has 106 valence electrons. The normalized spacial score (nSPS) is 11.6. The number of nitrogens with zero attached hydrogens (tertiary/aromatic N) is 1. The van der Waals surface area contributed by atoms with Gasteiger partial charge < -0.3 is 10.1 Å². The molecular formula is C12H16F2N2O3. The van der Waals surface area contributed by atoms with Gasteiger partial charge in [-0.3, -0.25) is 10.1 Å². The Morgan fingerprint density at radius 3 is 2.53 bits per heavy atom. The van der Waals surface area contributed by atoms with Crippen LogP contribution in [0.2, 0.25) is 0 Å². The Balaban J connectivity index is 2.90. The van der Waals surface area contributed by atoms with Crippen LogP contribution in [0.5, 0.6) is 0 Å². The van der Waals surface area contributed by atoms with Crippen LogP contribution >= 0.6 is 0 Å². The molecule has 0 aliphatic rings. The molecule has 1 rings (SSSR count). The van der Waals surface area contributed by atoms with E-state index < -0.39 is 27.8 Å². The lowest BCUT2D eigenvalue weighted by atomic mass is 10.1. The van der Waals surface area contributed by atoms with Crippen molar-refractivity contribution >= 4 is 5.69 Å². The van der Waals surface area contributed by atoms with Gasteiger partial charge in [-0.25, -0.2) is 4.39 Å². The van der Waals surface area contributed by atoms with Gasteiger partial charge in [-0.15, -0.1) is 0 Å². The lowest BCUT2D eigenvalue weighted by Crippen LogP contribution is -2.42. The molecule has 1 N–H and O–H groups in total. The van der Waals surface area contributed by atoms with E-state index in [0.717, 1.165) is 6.07 Å². The number of methoxy groups -OCH3 is 1. The minimum absolute atomic E-state index is 0.0391. The summed E-state index contributed by atoms with van der Waals surface area (Å²) in [5.41, 5.74) is -1.12. The molecule has 0 fully saturated rings. The van der Waals surface area contributed by atoms with Gasteiger partial charge in [0.1, 0.15) is 5.82 Å². The Hall–Kier alpha value is -1.60. The zero-order chi connectivity index (χ0) is 14.6. The van der Waals surface area contributed by atoms with Gasteiger partial charge in [-0.05, 0) is 13.8 Å². The average molecular weight is 274 g/mol. The second kappa shape index (κ2) is 6.03. The predicted octanol–water partition coefficient (Wildman–Crippen LogP) is 2.39. The van der Waals surface area contributed by atoms with Crippen molar-refractivity contribution in [2.75, 3.05) is 13.7 Å². The molecule has 1 aromatic rings. The summed E-state index contributed by atoms with van der Waals surface area (Å²) < 4.78 is 31.7. The molecule has 0 aromatic heterocycles. The molecule has 0 amide bonds. The number of nitrogens with one attached hydrogen (secondary N) is 1. The summed E-state index contributed by atoms with van der Waals surface area (Å²) >= 11 is 0. The highest BCUT2D eigenvalue weighted by Crippen LogP contribution is 2.22. The molecule has 0 atom stereocenters. The van der Waals surface area contributed by atoms with Gasteiger partial charge in [0.2, 0.25) is 5.82 Å². The van der Waals surface area contributed by atoms with Gasteiger partial charge in [-0.2, -0.15) is 4.39 Å². The van der Waals surface area contributed by atoms with Crippen molar-refractivity contribution in [1.29, 1.82) is 0 Å². The summed E-state index contributed by atoms with van der Waals surface area (Å²) in [6, 6.07) is 1.43. The lowest BCUT2D eigenvalue weighted by molar-refractivity contribution is -0.387. The smallest absolute Gasteiger partial charge is 0.305 e. The van der Waals surface area contributed by atoms with E-state index in [1.807, 2.05) is 13.8 Å². The predicted molar refractivity (Wildman–Crippen MR) is 65.8 cm³/mol. The Morgan fingerprint density at radius 2 is 2.00 bits per heavy atom. The average Bonchev–Trinajstić information content (AvgIpc) is 2.27. The first-order chi connectivity index (χ1) is 8.76. The van der Waals surface area contributed by atoms with Crippen LogP contribution in [0.25, 0.3) is 0 Å².